The number of aliphatic hydroxyl groups excluding tert-OH is 1. The van der Waals surface area contributed by atoms with Gasteiger partial charge in [0.2, 0.25) is 0 Å². The van der Waals surface area contributed by atoms with Gasteiger partial charge in [-0.2, -0.15) is 0 Å². The first kappa shape index (κ1) is 16.3. The third-order valence-corrected chi connectivity index (χ3v) is 3.87. The van der Waals surface area contributed by atoms with E-state index in [-0.39, 0.29) is 18.2 Å². The fourth-order valence-electron chi connectivity index (χ4n) is 2.50. The second-order valence-electron chi connectivity index (χ2n) is 5.65. The second kappa shape index (κ2) is 9.18. The number of rotatable bonds is 7. The lowest BCUT2D eigenvalue weighted by molar-refractivity contribution is 0.115. The molecule has 1 fully saturated rings. The molecule has 4 heteroatoms. The van der Waals surface area contributed by atoms with Crippen molar-refractivity contribution in [2.75, 3.05) is 13.1 Å². The van der Waals surface area contributed by atoms with Crippen LogP contribution in [-0.2, 0) is 0 Å². The Labute approximate surface area is 117 Å². The lowest BCUT2D eigenvalue weighted by Gasteiger charge is -2.30. The number of unbranched alkanes of at least 4 members (excludes halogenated alkanes) is 2. The molecular weight excluding hydrogens is 240 g/mol. The van der Waals surface area contributed by atoms with E-state index in [1.165, 1.54) is 0 Å². The maximum Gasteiger partial charge on any atom is 0.317 e. The van der Waals surface area contributed by atoms with Gasteiger partial charge in [-0.3, -0.25) is 0 Å². The first-order valence-electron chi connectivity index (χ1n) is 7.90. The normalized spacial score (nSPS) is 23.1. The molecule has 2 amide bonds. The highest BCUT2D eigenvalue weighted by molar-refractivity contribution is 5.74. The van der Waals surface area contributed by atoms with E-state index in [1.807, 2.05) is 4.90 Å². The van der Waals surface area contributed by atoms with Crippen LogP contribution in [0.5, 0.6) is 0 Å². The SMILES string of the molecule is CCCCN(CCCC)C(=O)NC1CCC(O)CC1. The maximum atomic E-state index is 12.3. The molecule has 0 aromatic carbocycles. The molecule has 0 saturated heterocycles. The Morgan fingerprint density at radius 2 is 1.63 bits per heavy atom. The first-order chi connectivity index (χ1) is 9.17. The van der Waals surface area contributed by atoms with Crippen molar-refractivity contribution in [3.8, 4) is 0 Å². The molecule has 4 nitrogen and oxygen atoms in total. The number of amides is 2. The molecule has 0 radical (unpaired) electrons. The summed E-state index contributed by atoms with van der Waals surface area (Å²) in [6.45, 7) is 6.02. The Morgan fingerprint density at radius 1 is 1.11 bits per heavy atom. The number of aliphatic hydroxyl groups is 1. The Bertz CT molecular complexity index is 243. The van der Waals surface area contributed by atoms with Crippen LogP contribution < -0.4 is 5.32 Å². The minimum absolute atomic E-state index is 0.0864. The second-order valence-corrected chi connectivity index (χ2v) is 5.65. The zero-order valence-electron chi connectivity index (χ0n) is 12.5. The van der Waals surface area contributed by atoms with Crippen LogP contribution in [0.4, 0.5) is 4.79 Å². The molecule has 0 aromatic heterocycles. The van der Waals surface area contributed by atoms with Crippen LogP contribution in [0.1, 0.15) is 65.2 Å². The standard InChI is InChI=1S/C15H30N2O2/c1-3-5-11-17(12-6-4-2)15(19)16-13-7-9-14(18)10-8-13/h13-14,18H,3-12H2,1-2H3,(H,16,19). The number of carbonyl (C=O) groups is 1. The molecular formula is C15H30N2O2. The highest BCUT2D eigenvalue weighted by Gasteiger charge is 2.22. The van der Waals surface area contributed by atoms with Crippen molar-refractivity contribution >= 4 is 6.03 Å². The van der Waals surface area contributed by atoms with Crippen molar-refractivity contribution < 1.29 is 9.90 Å². The highest BCUT2D eigenvalue weighted by Crippen LogP contribution is 2.18. The van der Waals surface area contributed by atoms with Crippen molar-refractivity contribution in [3.05, 3.63) is 0 Å². The molecule has 0 aliphatic heterocycles. The molecule has 2 N–H and O–H groups in total. The van der Waals surface area contributed by atoms with Crippen LogP contribution in [0.3, 0.4) is 0 Å². The zero-order valence-corrected chi connectivity index (χ0v) is 12.5. The highest BCUT2D eigenvalue weighted by atomic mass is 16.3. The van der Waals surface area contributed by atoms with Crippen LogP contribution in [-0.4, -0.2) is 41.3 Å². The summed E-state index contributed by atoms with van der Waals surface area (Å²) < 4.78 is 0. The molecule has 1 rings (SSSR count). The van der Waals surface area contributed by atoms with Gasteiger partial charge >= 0.3 is 6.03 Å². The molecule has 1 aliphatic carbocycles. The third-order valence-electron chi connectivity index (χ3n) is 3.87. The molecule has 0 aromatic rings. The lowest BCUT2D eigenvalue weighted by atomic mass is 9.93. The maximum absolute atomic E-state index is 12.3. The number of nitrogens with zero attached hydrogens (tertiary/aromatic N) is 1. The average Bonchev–Trinajstić information content (AvgIpc) is 2.41. The molecule has 0 unspecified atom stereocenters. The summed E-state index contributed by atoms with van der Waals surface area (Å²) in [6, 6.07) is 0.338. The van der Waals surface area contributed by atoms with Crippen molar-refractivity contribution in [2.24, 2.45) is 0 Å². The zero-order chi connectivity index (χ0) is 14.1. The van der Waals surface area contributed by atoms with E-state index in [0.29, 0.717) is 0 Å². The molecule has 1 saturated carbocycles. The molecule has 112 valence electrons. The number of urea groups is 1. The minimum atomic E-state index is -0.163. The predicted molar refractivity (Wildman–Crippen MR) is 78.2 cm³/mol. The quantitative estimate of drug-likeness (QED) is 0.747. The Balaban J connectivity index is 2.36. The largest absolute Gasteiger partial charge is 0.393 e. The van der Waals surface area contributed by atoms with Crippen molar-refractivity contribution in [1.29, 1.82) is 0 Å². The van der Waals surface area contributed by atoms with Gasteiger partial charge < -0.3 is 15.3 Å². The van der Waals surface area contributed by atoms with Crippen LogP contribution in [0.2, 0.25) is 0 Å². The first-order valence-corrected chi connectivity index (χ1v) is 7.90. The summed E-state index contributed by atoms with van der Waals surface area (Å²) in [5.41, 5.74) is 0. The van der Waals surface area contributed by atoms with Gasteiger partial charge in [0, 0.05) is 19.1 Å². The molecule has 0 atom stereocenters. The van der Waals surface area contributed by atoms with Gasteiger partial charge in [0.05, 0.1) is 6.10 Å². The Hall–Kier alpha value is -0.770. The van der Waals surface area contributed by atoms with Crippen molar-refractivity contribution in [3.63, 3.8) is 0 Å². The lowest BCUT2D eigenvalue weighted by Crippen LogP contribution is -2.47. The van der Waals surface area contributed by atoms with Crippen molar-refractivity contribution in [2.45, 2.75) is 77.4 Å². The Morgan fingerprint density at radius 3 is 2.11 bits per heavy atom. The number of carbonyl (C=O) groups excluding carboxylic acids is 1. The molecule has 0 spiro atoms. The van der Waals surface area contributed by atoms with Crippen LogP contribution in [0.15, 0.2) is 0 Å². The molecule has 19 heavy (non-hydrogen) atoms. The minimum Gasteiger partial charge on any atom is -0.393 e. The fourth-order valence-corrected chi connectivity index (χ4v) is 2.50. The monoisotopic (exact) mass is 270 g/mol. The Kier molecular flexibility index (Phi) is 7.87. The van der Waals surface area contributed by atoms with E-state index in [4.69, 9.17) is 0 Å². The summed E-state index contributed by atoms with van der Waals surface area (Å²) in [5, 5.41) is 12.6. The van der Waals surface area contributed by atoms with E-state index in [9.17, 15) is 9.90 Å². The van der Waals surface area contributed by atoms with Gasteiger partial charge in [0.1, 0.15) is 0 Å². The van der Waals surface area contributed by atoms with E-state index >= 15 is 0 Å². The molecule has 0 bridgehead atoms. The summed E-state index contributed by atoms with van der Waals surface area (Å²) in [5.74, 6) is 0. The van der Waals surface area contributed by atoms with Crippen LogP contribution in [0, 0.1) is 0 Å². The third kappa shape index (κ3) is 6.28. The van der Waals surface area contributed by atoms with Gasteiger partial charge in [-0.15, -0.1) is 0 Å². The van der Waals surface area contributed by atoms with E-state index < -0.39 is 0 Å². The number of hydrogen-bond donors (Lipinski definition) is 2. The summed E-state index contributed by atoms with van der Waals surface area (Å²) in [7, 11) is 0. The molecule has 0 heterocycles. The number of nitrogens with one attached hydrogen (secondary N) is 1. The van der Waals surface area contributed by atoms with Crippen LogP contribution in [0.25, 0.3) is 0 Å². The van der Waals surface area contributed by atoms with Crippen LogP contribution >= 0.6 is 0 Å². The summed E-state index contributed by atoms with van der Waals surface area (Å²) >= 11 is 0. The predicted octanol–water partition coefficient (Wildman–Crippen LogP) is 2.90. The van der Waals surface area contributed by atoms with Gasteiger partial charge in [-0.05, 0) is 38.5 Å². The van der Waals surface area contributed by atoms with E-state index in [0.717, 1.165) is 64.5 Å². The van der Waals surface area contributed by atoms with Gasteiger partial charge in [-0.1, -0.05) is 26.7 Å². The van der Waals surface area contributed by atoms with E-state index in [1.54, 1.807) is 0 Å². The topological polar surface area (TPSA) is 52.6 Å². The fraction of sp³-hybridized carbons (Fsp3) is 0.933. The molecule has 1 aliphatic rings. The van der Waals surface area contributed by atoms with Gasteiger partial charge in [0.25, 0.3) is 0 Å². The van der Waals surface area contributed by atoms with Crippen molar-refractivity contribution in [1.82, 2.24) is 10.2 Å². The summed E-state index contributed by atoms with van der Waals surface area (Å²) in [6.07, 6.45) is 7.65. The van der Waals surface area contributed by atoms with E-state index in [2.05, 4.69) is 19.2 Å². The van der Waals surface area contributed by atoms with Gasteiger partial charge in [0.15, 0.2) is 0 Å². The number of hydrogen-bond acceptors (Lipinski definition) is 2. The van der Waals surface area contributed by atoms with Gasteiger partial charge in [-0.25, -0.2) is 4.79 Å². The summed E-state index contributed by atoms with van der Waals surface area (Å²) in [4.78, 5) is 14.2. The average molecular weight is 270 g/mol. The smallest absolute Gasteiger partial charge is 0.317 e.